The summed E-state index contributed by atoms with van der Waals surface area (Å²) in [5, 5.41) is 0. The van der Waals surface area contributed by atoms with Crippen LogP contribution in [0.5, 0.6) is 0 Å². The van der Waals surface area contributed by atoms with Crippen molar-refractivity contribution >= 4 is 17.2 Å². The van der Waals surface area contributed by atoms with E-state index in [1.54, 1.807) is 0 Å². The van der Waals surface area contributed by atoms with Crippen molar-refractivity contribution in [3.8, 4) is 0 Å². The summed E-state index contributed by atoms with van der Waals surface area (Å²) in [6, 6.07) is 16.4. The van der Waals surface area contributed by atoms with E-state index in [1.807, 2.05) is 35.2 Å². The number of allylic oxidation sites excluding steroid dienone is 1. The standard InChI is InChI=1S/C19H17NO/c1-3-13-12(2)18-15-9-4-5-10-16(15)19(21)20(18)17-11-7-6-8-14(13)17/h3-12,18H,1-2H3/b13-3+/t12-,18+/m1/s1. The second-order valence-corrected chi connectivity index (χ2v) is 5.76. The summed E-state index contributed by atoms with van der Waals surface area (Å²) in [6.07, 6.45) is 2.19. The molecule has 0 bridgehead atoms. The van der Waals surface area contributed by atoms with Gasteiger partial charge in [-0.15, -0.1) is 0 Å². The maximum absolute atomic E-state index is 12.8. The van der Waals surface area contributed by atoms with Gasteiger partial charge < -0.3 is 0 Å². The fourth-order valence-electron chi connectivity index (χ4n) is 3.86. The molecule has 0 aromatic heterocycles. The van der Waals surface area contributed by atoms with Crippen LogP contribution in [0.25, 0.3) is 5.57 Å². The molecule has 2 atom stereocenters. The van der Waals surface area contributed by atoms with Crippen LogP contribution in [0.4, 0.5) is 5.69 Å². The maximum atomic E-state index is 12.8. The smallest absolute Gasteiger partial charge is 0.259 e. The van der Waals surface area contributed by atoms with Gasteiger partial charge in [-0.05, 0) is 30.2 Å². The van der Waals surface area contributed by atoms with Crippen molar-refractivity contribution in [2.45, 2.75) is 19.9 Å². The fraction of sp³-hybridized carbons (Fsp3) is 0.211. The molecule has 2 nitrogen and oxygen atoms in total. The van der Waals surface area contributed by atoms with E-state index in [2.05, 4.69) is 38.1 Å². The zero-order valence-electron chi connectivity index (χ0n) is 12.2. The summed E-state index contributed by atoms with van der Waals surface area (Å²) < 4.78 is 0. The Morgan fingerprint density at radius 2 is 1.67 bits per heavy atom. The molecule has 2 aliphatic heterocycles. The highest BCUT2D eigenvalue weighted by Crippen LogP contribution is 2.52. The Labute approximate surface area is 124 Å². The molecule has 104 valence electrons. The quantitative estimate of drug-likeness (QED) is 0.696. The number of para-hydroxylation sites is 1. The first-order valence-electron chi connectivity index (χ1n) is 7.42. The van der Waals surface area contributed by atoms with Gasteiger partial charge in [-0.3, -0.25) is 9.69 Å². The van der Waals surface area contributed by atoms with E-state index in [0.29, 0.717) is 5.92 Å². The minimum Gasteiger partial charge on any atom is -0.300 e. The van der Waals surface area contributed by atoms with E-state index >= 15 is 0 Å². The molecule has 0 spiro atoms. The summed E-state index contributed by atoms with van der Waals surface area (Å²) in [4.78, 5) is 14.8. The van der Waals surface area contributed by atoms with Gasteiger partial charge in [-0.1, -0.05) is 49.4 Å². The van der Waals surface area contributed by atoms with E-state index in [9.17, 15) is 4.79 Å². The minimum absolute atomic E-state index is 0.120. The molecular weight excluding hydrogens is 258 g/mol. The third-order valence-electron chi connectivity index (χ3n) is 4.76. The lowest BCUT2D eigenvalue weighted by Crippen LogP contribution is -2.36. The molecule has 2 aromatic carbocycles. The molecule has 2 heteroatoms. The molecule has 21 heavy (non-hydrogen) atoms. The third-order valence-corrected chi connectivity index (χ3v) is 4.76. The second kappa shape index (κ2) is 4.32. The number of anilines is 1. The van der Waals surface area contributed by atoms with Crippen molar-refractivity contribution in [1.29, 1.82) is 0 Å². The van der Waals surface area contributed by atoms with E-state index in [4.69, 9.17) is 0 Å². The highest BCUT2D eigenvalue weighted by Gasteiger charge is 2.45. The molecule has 0 aliphatic carbocycles. The van der Waals surface area contributed by atoms with E-state index in [0.717, 1.165) is 16.8 Å². The molecule has 0 fully saturated rings. The Kier molecular flexibility index (Phi) is 2.55. The van der Waals surface area contributed by atoms with Crippen molar-refractivity contribution in [1.82, 2.24) is 0 Å². The molecule has 0 saturated heterocycles. The molecule has 4 rings (SSSR count). The molecule has 2 aromatic rings. The molecule has 0 N–H and O–H groups in total. The van der Waals surface area contributed by atoms with Crippen LogP contribution in [0.15, 0.2) is 54.6 Å². The summed E-state index contributed by atoms with van der Waals surface area (Å²) in [5.41, 5.74) is 5.56. The van der Waals surface area contributed by atoms with Crippen molar-refractivity contribution in [3.05, 3.63) is 71.3 Å². The van der Waals surface area contributed by atoms with Crippen LogP contribution in [-0.2, 0) is 0 Å². The van der Waals surface area contributed by atoms with E-state index in [1.165, 1.54) is 11.1 Å². The predicted octanol–water partition coefficient (Wildman–Crippen LogP) is 4.44. The average Bonchev–Trinajstić information content (AvgIpc) is 2.82. The van der Waals surface area contributed by atoms with Crippen LogP contribution >= 0.6 is 0 Å². The lowest BCUT2D eigenvalue weighted by molar-refractivity contribution is 0.0987. The van der Waals surface area contributed by atoms with Gasteiger partial charge in [0.1, 0.15) is 0 Å². The third kappa shape index (κ3) is 1.50. The second-order valence-electron chi connectivity index (χ2n) is 5.76. The van der Waals surface area contributed by atoms with Gasteiger partial charge in [0.2, 0.25) is 0 Å². The summed E-state index contributed by atoms with van der Waals surface area (Å²) in [6.45, 7) is 4.30. The Bertz CT molecular complexity index is 775. The molecule has 2 heterocycles. The Hall–Kier alpha value is -2.35. The molecular formula is C19H17NO. The maximum Gasteiger partial charge on any atom is 0.259 e. The van der Waals surface area contributed by atoms with Crippen molar-refractivity contribution < 1.29 is 4.79 Å². The summed E-state index contributed by atoms with van der Waals surface area (Å²) >= 11 is 0. The van der Waals surface area contributed by atoms with Gasteiger partial charge in [-0.2, -0.15) is 0 Å². The first kappa shape index (κ1) is 12.4. The van der Waals surface area contributed by atoms with Gasteiger partial charge in [0.05, 0.1) is 11.7 Å². The molecule has 0 unspecified atom stereocenters. The van der Waals surface area contributed by atoms with Crippen molar-refractivity contribution in [2.75, 3.05) is 4.90 Å². The first-order valence-corrected chi connectivity index (χ1v) is 7.42. The lowest BCUT2D eigenvalue weighted by Gasteiger charge is -2.38. The normalized spacial score (nSPS) is 24.8. The van der Waals surface area contributed by atoms with Crippen LogP contribution in [0, 0.1) is 5.92 Å². The molecule has 0 radical (unpaired) electrons. The zero-order valence-corrected chi connectivity index (χ0v) is 12.2. The number of amides is 1. The topological polar surface area (TPSA) is 20.3 Å². The number of nitrogens with zero attached hydrogens (tertiary/aromatic N) is 1. The molecule has 1 amide bonds. The number of hydrogen-bond acceptors (Lipinski definition) is 1. The number of rotatable bonds is 0. The predicted molar refractivity (Wildman–Crippen MR) is 85.2 cm³/mol. The molecule has 2 aliphatic rings. The zero-order chi connectivity index (χ0) is 14.6. The van der Waals surface area contributed by atoms with Crippen molar-refractivity contribution in [2.24, 2.45) is 5.92 Å². The Morgan fingerprint density at radius 1 is 1.00 bits per heavy atom. The van der Waals surface area contributed by atoms with E-state index in [-0.39, 0.29) is 11.9 Å². The number of carbonyl (C=O) groups is 1. The fourth-order valence-corrected chi connectivity index (χ4v) is 3.86. The first-order chi connectivity index (χ1) is 10.2. The van der Waals surface area contributed by atoms with Gasteiger partial charge in [0, 0.05) is 17.0 Å². The number of hydrogen-bond donors (Lipinski definition) is 0. The van der Waals surface area contributed by atoms with Crippen LogP contribution in [0.3, 0.4) is 0 Å². The average molecular weight is 275 g/mol. The Balaban J connectivity index is 2.02. The molecule has 0 saturated carbocycles. The van der Waals surface area contributed by atoms with Gasteiger partial charge in [-0.25, -0.2) is 0 Å². The number of benzene rings is 2. The summed E-state index contributed by atoms with van der Waals surface area (Å²) in [5.74, 6) is 0.433. The number of fused-ring (bicyclic) bond motifs is 5. The van der Waals surface area contributed by atoms with Crippen LogP contribution in [0.1, 0.15) is 41.4 Å². The van der Waals surface area contributed by atoms with Gasteiger partial charge >= 0.3 is 0 Å². The van der Waals surface area contributed by atoms with Crippen LogP contribution in [0.2, 0.25) is 0 Å². The summed E-state index contributed by atoms with van der Waals surface area (Å²) in [7, 11) is 0. The van der Waals surface area contributed by atoms with Crippen LogP contribution in [-0.4, -0.2) is 5.91 Å². The largest absolute Gasteiger partial charge is 0.300 e. The lowest BCUT2D eigenvalue weighted by atomic mass is 9.80. The van der Waals surface area contributed by atoms with Gasteiger partial charge in [0.25, 0.3) is 5.91 Å². The number of carbonyl (C=O) groups excluding carboxylic acids is 1. The highest BCUT2D eigenvalue weighted by molar-refractivity contribution is 6.13. The monoisotopic (exact) mass is 275 g/mol. The van der Waals surface area contributed by atoms with E-state index < -0.39 is 0 Å². The SMILES string of the molecule is C/C=C1/c2ccccc2N2C(=O)c3ccccc3[C@@H]2[C@@H]1C. The minimum atomic E-state index is 0.120. The highest BCUT2D eigenvalue weighted by atomic mass is 16.2. The Morgan fingerprint density at radius 3 is 2.43 bits per heavy atom. The van der Waals surface area contributed by atoms with Crippen molar-refractivity contribution in [3.63, 3.8) is 0 Å². The van der Waals surface area contributed by atoms with Gasteiger partial charge in [0.15, 0.2) is 0 Å². The van der Waals surface area contributed by atoms with Crippen LogP contribution < -0.4 is 4.90 Å².